The van der Waals surface area contributed by atoms with E-state index >= 15 is 0 Å². The largest absolute Gasteiger partial charge is 0.504 e. The molecule has 16 heavy (non-hydrogen) atoms. The molecule has 84 valence electrons. The number of aromatic nitrogens is 2. The van der Waals surface area contributed by atoms with Crippen LogP contribution in [0.2, 0.25) is 0 Å². The number of imidazole rings is 1. The zero-order valence-corrected chi connectivity index (χ0v) is 9.50. The quantitative estimate of drug-likeness (QED) is 0.782. The minimum absolute atomic E-state index is 0.306. The van der Waals surface area contributed by atoms with Crippen LogP contribution in [0.25, 0.3) is 5.69 Å². The van der Waals surface area contributed by atoms with Crippen molar-refractivity contribution in [3.63, 3.8) is 0 Å². The fourth-order valence-corrected chi connectivity index (χ4v) is 1.69. The summed E-state index contributed by atoms with van der Waals surface area (Å²) < 4.78 is 4.07. The molecular formula is C13H17N2O+. The van der Waals surface area contributed by atoms with Gasteiger partial charge >= 0.3 is 0 Å². The number of rotatable bonds is 4. The van der Waals surface area contributed by atoms with E-state index in [-0.39, 0.29) is 0 Å². The number of para-hydroxylation sites is 2. The van der Waals surface area contributed by atoms with Crippen LogP contribution < -0.4 is 4.57 Å². The number of unbranched alkanes of at least 4 members (excludes halogenated alkanes) is 1. The molecule has 0 aliphatic heterocycles. The van der Waals surface area contributed by atoms with Crippen LogP contribution in [0, 0.1) is 0 Å². The fraction of sp³-hybridized carbons (Fsp3) is 0.308. The molecule has 0 saturated heterocycles. The zero-order valence-electron chi connectivity index (χ0n) is 9.50. The van der Waals surface area contributed by atoms with Gasteiger partial charge in [0.15, 0.2) is 11.4 Å². The van der Waals surface area contributed by atoms with Crippen LogP contribution in [0.3, 0.4) is 0 Å². The van der Waals surface area contributed by atoms with Gasteiger partial charge in [0.25, 0.3) is 0 Å². The summed E-state index contributed by atoms with van der Waals surface area (Å²) in [6, 6.07) is 7.35. The molecule has 0 unspecified atom stereocenters. The van der Waals surface area contributed by atoms with Crippen molar-refractivity contribution in [2.24, 2.45) is 0 Å². The molecule has 0 bridgehead atoms. The van der Waals surface area contributed by atoms with Crippen LogP contribution >= 0.6 is 0 Å². The van der Waals surface area contributed by atoms with Gasteiger partial charge in [0.2, 0.25) is 6.33 Å². The molecule has 0 amide bonds. The molecule has 1 aromatic heterocycles. The molecule has 2 rings (SSSR count). The first-order chi connectivity index (χ1) is 7.81. The maximum Gasteiger partial charge on any atom is 0.249 e. The van der Waals surface area contributed by atoms with Gasteiger partial charge in [-0.3, -0.25) is 0 Å². The fourth-order valence-electron chi connectivity index (χ4n) is 1.69. The van der Waals surface area contributed by atoms with Crippen molar-refractivity contribution in [1.82, 2.24) is 4.57 Å². The van der Waals surface area contributed by atoms with E-state index in [0.717, 1.165) is 12.2 Å². The van der Waals surface area contributed by atoms with Crippen LogP contribution in [0.4, 0.5) is 0 Å². The van der Waals surface area contributed by atoms with E-state index in [9.17, 15) is 5.11 Å². The Hall–Kier alpha value is -1.77. The Morgan fingerprint density at radius 3 is 2.88 bits per heavy atom. The maximum atomic E-state index is 9.72. The molecule has 3 heteroatoms. The number of hydrogen-bond acceptors (Lipinski definition) is 1. The smallest absolute Gasteiger partial charge is 0.249 e. The third kappa shape index (κ3) is 2.24. The second kappa shape index (κ2) is 4.84. The third-order valence-electron chi connectivity index (χ3n) is 2.62. The van der Waals surface area contributed by atoms with E-state index in [2.05, 4.69) is 11.5 Å². The highest BCUT2D eigenvalue weighted by atomic mass is 16.3. The number of nitrogens with zero attached hydrogens (tertiary/aromatic N) is 2. The van der Waals surface area contributed by atoms with Crippen LogP contribution in [0.5, 0.6) is 5.75 Å². The van der Waals surface area contributed by atoms with Crippen LogP contribution in [0.15, 0.2) is 43.0 Å². The van der Waals surface area contributed by atoms with Crippen LogP contribution in [-0.2, 0) is 6.54 Å². The topological polar surface area (TPSA) is 29.0 Å². The van der Waals surface area contributed by atoms with E-state index in [0.29, 0.717) is 5.75 Å². The summed E-state index contributed by atoms with van der Waals surface area (Å²) in [5.41, 5.74) is 0.817. The van der Waals surface area contributed by atoms with Crippen molar-refractivity contribution >= 4 is 0 Å². The number of hydrogen-bond donors (Lipinski definition) is 1. The van der Waals surface area contributed by atoms with Gasteiger partial charge in [-0.05, 0) is 18.6 Å². The molecule has 0 radical (unpaired) electrons. The summed E-state index contributed by atoms with van der Waals surface area (Å²) in [6.45, 7) is 3.21. The van der Waals surface area contributed by atoms with Crippen molar-refractivity contribution < 1.29 is 9.67 Å². The predicted molar refractivity (Wildman–Crippen MR) is 62.5 cm³/mol. The summed E-state index contributed by atoms with van der Waals surface area (Å²) in [5.74, 6) is 0.306. The van der Waals surface area contributed by atoms with Gasteiger partial charge in [-0.2, -0.15) is 4.57 Å². The first kappa shape index (κ1) is 10.7. The molecule has 0 aliphatic rings. The molecule has 0 aliphatic carbocycles. The molecule has 1 heterocycles. The van der Waals surface area contributed by atoms with Gasteiger partial charge in [0.1, 0.15) is 12.4 Å². The molecule has 0 spiro atoms. The monoisotopic (exact) mass is 217 g/mol. The zero-order chi connectivity index (χ0) is 11.4. The van der Waals surface area contributed by atoms with E-state index in [1.165, 1.54) is 12.8 Å². The Morgan fingerprint density at radius 2 is 2.12 bits per heavy atom. The van der Waals surface area contributed by atoms with Gasteiger partial charge in [0, 0.05) is 0 Å². The Balaban J connectivity index is 2.22. The number of phenolic OH excluding ortho intramolecular Hbond substituents is 1. The number of aromatic hydroxyl groups is 1. The lowest BCUT2D eigenvalue weighted by Crippen LogP contribution is -2.30. The van der Waals surface area contributed by atoms with Crippen molar-refractivity contribution in [1.29, 1.82) is 0 Å². The molecule has 1 N–H and O–H groups in total. The SMILES string of the molecule is CCCC[n+]1ccn(-c2ccccc2O)c1. The average Bonchev–Trinajstić information content (AvgIpc) is 2.75. The molecule has 0 atom stereocenters. The predicted octanol–water partition coefficient (Wildman–Crippen LogP) is 2.27. The Bertz CT molecular complexity index is 462. The normalized spacial score (nSPS) is 10.6. The first-order valence-electron chi connectivity index (χ1n) is 5.66. The summed E-state index contributed by atoms with van der Waals surface area (Å²) in [7, 11) is 0. The minimum Gasteiger partial charge on any atom is -0.504 e. The van der Waals surface area contributed by atoms with Crippen molar-refractivity contribution in [2.75, 3.05) is 0 Å². The third-order valence-corrected chi connectivity index (χ3v) is 2.62. The van der Waals surface area contributed by atoms with E-state index in [1.807, 2.05) is 41.5 Å². The van der Waals surface area contributed by atoms with Crippen molar-refractivity contribution in [2.45, 2.75) is 26.3 Å². The number of phenols is 1. The molecule has 0 fully saturated rings. The summed E-state index contributed by atoms with van der Waals surface area (Å²) >= 11 is 0. The van der Waals surface area contributed by atoms with E-state index in [4.69, 9.17) is 0 Å². The molecular weight excluding hydrogens is 200 g/mol. The van der Waals surface area contributed by atoms with Gasteiger partial charge in [0.05, 0.1) is 6.54 Å². The van der Waals surface area contributed by atoms with Gasteiger partial charge in [-0.1, -0.05) is 25.5 Å². The minimum atomic E-state index is 0.306. The molecule has 2 aromatic rings. The van der Waals surface area contributed by atoms with Crippen molar-refractivity contribution in [3.8, 4) is 11.4 Å². The highest BCUT2D eigenvalue weighted by molar-refractivity contribution is 5.44. The number of aryl methyl sites for hydroxylation is 1. The van der Waals surface area contributed by atoms with Crippen LogP contribution in [0.1, 0.15) is 19.8 Å². The summed E-state index contributed by atoms with van der Waals surface area (Å²) in [5, 5.41) is 9.72. The standard InChI is InChI=1S/C13H16N2O/c1-2-3-8-14-9-10-15(11-14)12-6-4-5-7-13(12)16/h4-7,9-11H,2-3,8H2,1H3/p+1. The maximum absolute atomic E-state index is 9.72. The van der Waals surface area contributed by atoms with Gasteiger partial charge in [-0.15, -0.1) is 0 Å². The average molecular weight is 217 g/mol. The highest BCUT2D eigenvalue weighted by Crippen LogP contribution is 2.19. The van der Waals surface area contributed by atoms with Crippen LogP contribution in [-0.4, -0.2) is 9.67 Å². The Morgan fingerprint density at radius 1 is 1.31 bits per heavy atom. The number of benzene rings is 1. The summed E-state index contributed by atoms with van der Waals surface area (Å²) in [4.78, 5) is 0. The van der Waals surface area contributed by atoms with Gasteiger partial charge < -0.3 is 5.11 Å². The first-order valence-corrected chi connectivity index (χ1v) is 5.66. The second-order valence-electron chi connectivity index (χ2n) is 3.90. The van der Waals surface area contributed by atoms with Gasteiger partial charge in [-0.25, -0.2) is 4.57 Å². The Kier molecular flexibility index (Phi) is 3.25. The highest BCUT2D eigenvalue weighted by Gasteiger charge is 2.09. The van der Waals surface area contributed by atoms with E-state index < -0.39 is 0 Å². The van der Waals surface area contributed by atoms with Crippen molar-refractivity contribution in [3.05, 3.63) is 43.0 Å². The molecule has 3 nitrogen and oxygen atoms in total. The molecule has 0 saturated carbocycles. The Labute approximate surface area is 95.6 Å². The van der Waals surface area contributed by atoms with E-state index in [1.54, 1.807) is 6.07 Å². The summed E-state index contributed by atoms with van der Waals surface area (Å²) in [6.07, 6.45) is 8.36. The molecule has 1 aromatic carbocycles. The second-order valence-corrected chi connectivity index (χ2v) is 3.90. The lowest BCUT2D eigenvalue weighted by Gasteiger charge is -1.98. The lowest BCUT2D eigenvalue weighted by atomic mass is 10.3. The lowest BCUT2D eigenvalue weighted by molar-refractivity contribution is -0.696.